The standard InChI is InChI=1S/C14H20BrNO2S/c1-2-16(13-6-4-3-5-7-13)19(17,18)14-10-8-12(15)9-11-14/h8-11,13H,2-7H2,1H3. The summed E-state index contributed by atoms with van der Waals surface area (Å²) in [6, 6.07) is 7.08. The first-order chi connectivity index (χ1) is 9.05. The lowest BCUT2D eigenvalue weighted by Gasteiger charge is -2.32. The highest BCUT2D eigenvalue weighted by molar-refractivity contribution is 9.10. The van der Waals surface area contributed by atoms with Gasteiger partial charge < -0.3 is 0 Å². The van der Waals surface area contributed by atoms with Crippen LogP contribution in [-0.4, -0.2) is 25.3 Å². The van der Waals surface area contributed by atoms with Crippen molar-refractivity contribution in [1.29, 1.82) is 0 Å². The van der Waals surface area contributed by atoms with Crippen molar-refractivity contribution in [1.82, 2.24) is 4.31 Å². The maximum absolute atomic E-state index is 12.7. The minimum absolute atomic E-state index is 0.174. The number of benzene rings is 1. The first-order valence-corrected chi connectivity index (χ1v) is 9.06. The van der Waals surface area contributed by atoms with Crippen LogP contribution in [0.5, 0.6) is 0 Å². The van der Waals surface area contributed by atoms with Crippen LogP contribution in [0.3, 0.4) is 0 Å². The topological polar surface area (TPSA) is 37.4 Å². The summed E-state index contributed by atoms with van der Waals surface area (Å²) in [5.41, 5.74) is 0. The van der Waals surface area contributed by atoms with Crippen LogP contribution in [0.25, 0.3) is 0 Å². The number of halogens is 1. The van der Waals surface area contributed by atoms with Gasteiger partial charge in [-0.2, -0.15) is 4.31 Å². The lowest BCUT2D eigenvalue weighted by Crippen LogP contribution is -2.41. The fraction of sp³-hybridized carbons (Fsp3) is 0.571. The Morgan fingerprint density at radius 3 is 2.26 bits per heavy atom. The zero-order valence-electron chi connectivity index (χ0n) is 11.2. The second-order valence-electron chi connectivity index (χ2n) is 4.95. The zero-order chi connectivity index (χ0) is 13.9. The van der Waals surface area contributed by atoms with E-state index in [0.29, 0.717) is 11.4 Å². The van der Waals surface area contributed by atoms with Crippen LogP contribution < -0.4 is 0 Å². The van der Waals surface area contributed by atoms with Gasteiger partial charge in [0.25, 0.3) is 0 Å². The molecule has 106 valence electrons. The largest absolute Gasteiger partial charge is 0.243 e. The molecule has 1 aromatic rings. The predicted molar refractivity (Wildman–Crippen MR) is 80.6 cm³/mol. The van der Waals surface area contributed by atoms with E-state index in [1.165, 1.54) is 6.42 Å². The Morgan fingerprint density at radius 1 is 1.16 bits per heavy atom. The summed E-state index contributed by atoms with van der Waals surface area (Å²) < 4.78 is 27.9. The maximum atomic E-state index is 12.7. The molecule has 0 spiro atoms. The van der Waals surface area contributed by atoms with Gasteiger partial charge in [-0.3, -0.25) is 0 Å². The van der Waals surface area contributed by atoms with Crippen LogP contribution in [0.4, 0.5) is 0 Å². The smallest absolute Gasteiger partial charge is 0.207 e. The van der Waals surface area contributed by atoms with Crippen molar-refractivity contribution in [3.8, 4) is 0 Å². The molecular formula is C14H20BrNO2S. The molecule has 0 aliphatic heterocycles. The molecule has 0 aromatic heterocycles. The first-order valence-electron chi connectivity index (χ1n) is 6.83. The van der Waals surface area contributed by atoms with Crippen LogP contribution in [0.1, 0.15) is 39.0 Å². The highest BCUT2D eigenvalue weighted by Gasteiger charge is 2.30. The Kier molecular flexibility index (Phi) is 5.03. The fourth-order valence-corrected chi connectivity index (χ4v) is 4.69. The van der Waals surface area contributed by atoms with Gasteiger partial charge in [-0.15, -0.1) is 0 Å². The number of hydrogen-bond acceptors (Lipinski definition) is 2. The van der Waals surface area contributed by atoms with Crippen molar-refractivity contribution in [3.63, 3.8) is 0 Å². The summed E-state index contributed by atoms with van der Waals surface area (Å²) in [6.07, 6.45) is 5.48. The number of sulfonamides is 1. The molecule has 0 atom stereocenters. The average Bonchev–Trinajstić information content (AvgIpc) is 2.41. The molecule has 0 N–H and O–H groups in total. The molecule has 0 heterocycles. The molecule has 5 heteroatoms. The second-order valence-corrected chi connectivity index (χ2v) is 7.76. The van der Waals surface area contributed by atoms with Crippen molar-refractivity contribution >= 4 is 26.0 Å². The molecule has 0 amide bonds. The summed E-state index contributed by atoms with van der Waals surface area (Å²) >= 11 is 3.33. The van der Waals surface area contributed by atoms with Gasteiger partial charge in [0.2, 0.25) is 10.0 Å². The highest BCUT2D eigenvalue weighted by atomic mass is 79.9. The number of hydrogen-bond donors (Lipinski definition) is 0. The Bertz CT molecular complexity index is 507. The summed E-state index contributed by atoms with van der Waals surface area (Å²) in [7, 11) is -3.36. The van der Waals surface area contributed by atoms with Gasteiger partial charge in [-0.25, -0.2) is 8.42 Å². The van der Waals surface area contributed by atoms with E-state index in [0.717, 1.165) is 30.2 Å². The van der Waals surface area contributed by atoms with E-state index in [1.54, 1.807) is 28.6 Å². The molecule has 1 fully saturated rings. The normalized spacial score (nSPS) is 17.8. The van der Waals surface area contributed by atoms with Crippen molar-refractivity contribution in [2.24, 2.45) is 0 Å². The summed E-state index contributed by atoms with van der Waals surface area (Å²) in [5.74, 6) is 0. The van der Waals surface area contributed by atoms with Crippen LogP contribution >= 0.6 is 15.9 Å². The van der Waals surface area contributed by atoms with Gasteiger partial charge in [-0.1, -0.05) is 42.1 Å². The van der Waals surface area contributed by atoms with E-state index in [4.69, 9.17) is 0 Å². The molecule has 0 bridgehead atoms. The molecule has 0 saturated heterocycles. The molecule has 3 nitrogen and oxygen atoms in total. The molecule has 19 heavy (non-hydrogen) atoms. The van der Waals surface area contributed by atoms with E-state index < -0.39 is 10.0 Å². The quantitative estimate of drug-likeness (QED) is 0.832. The molecule has 1 aliphatic rings. The monoisotopic (exact) mass is 345 g/mol. The van der Waals surface area contributed by atoms with E-state index in [1.807, 2.05) is 6.92 Å². The molecule has 1 aromatic carbocycles. The first kappa shape index (κ1) is 15.0. The highest BCUT2D eigenvalue weighted by Crippen LogP contribution is 2.28. The van der Waals surface area contributed by atoms with Gasteiger partial charge in [0, 0.05) is 17.1 Å². The SMILES string of the molecule is CCN(C1CCCCC1)S(=O)(=O)c1ccc(Br)cc1. The average molecular weight is 346 g/mol. The molecule has 0 unspecified atom stereocenters. The van der Waals surface area contributed by atoms with Gasteiger partial charge in [0.05, 0.1) is 4.90 Å². The lowest BCUT2D eigenvalue weighted by atomic mass is 9.95. The Labute approximate surface area is 124 Å². The molecule has 1 aliphatic carbocycles. The predicted octanol–water partition coefficient (Wildman–Crippen LogP) is 3.79. The second kappa shape index (κ2) is 6.37. The number of nitrogens with zero attached hydrogens (tertiary/aromatic N) is 1. The fourth-order valence-electron chi connectivity index (χ4n) is 2.74. The maximum Gasteiger partial charge on any atom is 0.243 e. The molecule has 0 radical (unpaired) electrons. The van der Waals surface area contributed by atoms with E-state index in [2.05, 4.69) is 15.9 Å². The minimum atomic E-state index is -3.36. The van der Waals surface area contributed by atoms with Gasteiger partial charge in [0.15, 0.2) is 0 Å². The van der Waals surface area contributed by atoms with Crippen molar-refractivity contribution in [3.05, 3.63) is 28.7 Å². The summed E-state index contributed by atoms with van der Waals surface area (Å²) in [4.78, 5) is 0.392. The van der Waals surface area contributed by atoms with Gasteiger partial charge in [0.1, 0.15) is 0 Å². The Morgan fingerprint density at radius 2 is 1.74 bits per heavy atom. The van der Waals surface area contributed by atoms with E-state index >= 15 is 0 Å². The van der Waals surface area contributed by atoms with Crippen molar-refractivity contribution in [2.75, 3.05) is 6.54 Å². The van der Waals surface area contributed by atoms with Gasteiger partial charge in [-0.05, 0) is 37.1 Å². The Balaban J connectivity index is 2.27. The Hall–Kier alpha value is -0.390. The lowest BCUT2D eigenvalue weighted by molar-refractivity contribution is 0.261. The van der Waals surface area contributed by atoms with E-state index in [9.17, 15) is 8.42 Å². The minimum Gasteiger partial charge on any atom is -0.207 e. The zero-order valence-corrected chi connectivity index (χ0v) is 13.6. The van der Waals surface area contributed by atoms with Crippen LogP contribution in [0.15, 0.2) is 33.6 Å². The van der Waals surface area contributed by atoms with Crippen molar-refractivity contribution < 1.29 is 8.42 Å². The van der Waals surface area contributed by atoms with Crippen molar-refractivity contribution in [2.45, 2.75) is 50.0 Å². The van der Waals surface area contributed by atoms with Gasteiger partial charge >= 0.3 is 0 Å². The van der Waals surface area contributed by atoms with Crippen LogP contribution in [0, 0.1) is 0 Å². The third-order valence-electron chi connectivity index (χ3n) is 3.71. The molecular weight excluding hydrogens is 326 g/mol. The third kappa shape index (κ3) is 3.38. The summed E-state index contributed by atoms with van der Waals surface area (Å²) in [5, 5.41) is 0. The summed E-state index contributed by atoms with van der Waals surface area (Å²) in [6.45, 7) is 2.47. The number of rotatable bonds is 4. The molecule has 1 saturated carbocycles. The van der Waals surface area contributed by atoms with Crippen LogP contribution in [-0.2, 0) is 10.0 Å². The third-order valence-corrected chi connectivity index (χ3v) is 6.28. The molecule has 2 rings (SSSR count). The van der Waals surface area contributed by atoms with Crippen LogP contribution in [0.2, 0.25) is 0 Å². The van der Waals surface area contributed by atoms with E-state index in [-0.39, 0.29) is 6.04 Å².